The smallest absolute Gasteiger partial charge is 0.0165 e. The number of rotatable bonds is 2. The van der Waals surface area contributed by atoms with Crippen molar-refractivity contribution in [2.45, 2.75) is 91.9 Å². The minimum Gasteiger partial charge on any atom is -0.0702 e. The van der Waals surface area contributed by atoms with Crippen molar-refractivity contribution in [2.24, 2.45) is 5.92 Å². The number of allylic oxidation sites excluding steroid dienone is 4. The number of hydrogen-bond donors (Lipinski definition) is 0. The predicted molar refractivity (Wildman–Crippen MR) is 245 cm³/mol. The van der Waals surface area contributed by atoms with E-state index >= 15 is 0 Å². The maximum atomic E-state index is 2.59. The van der Waals surface area contributed by atoms with E-state index in [0.717, 1.165) is 6.42 Å². The van der Waals surface area contributed by atoms with Gasteiger partial charge < -0.3 is 0 Å². The molecule has 4 aliphatic carbocycles. The molecule has 0 bridgehead atoms. The van der Waals surface area contributed by atoms with E-state index in [1.165, 1.54) is 127 Å². The predicted octanol–water partition coefficient (Wildman–Crippen LogP) is 15.6. The first-order chi connectivity index (χ1) is 27.1. The molecule has 0 aromatic heterocycles. The van der Waals surface area contributed by atoms with Crippen LogP contribution in [0.1, 0.15) is 112 Å². The maximum Gasteiger partial charge on any atom is 0.0165 e. The van der Waals surface area contributed by atoms with Gasteiger partial charge >= 0.3 is 0 Å². The second-order valence-corrected chi connectivity index (χ2v) is 19.6. The first-order valence-corrected chi connectivity index (χ1v) is 21.1. The van der Waals surface area contributed by atoms with Gasteiger partial charge in [0.2, 0.25) is 0 Å². The summed E-state index contributed by atoms with van der Waals surface area (Å²) in [6, 6.07) is 41.1. The minimum absolute atomic E-state index is 0.106. The zero-order valence-electron chi connectivity index (χ0n) is 35.3. The van der Waals surface area contributed by atoms with Gasteiger partial charge in [-0.25, -0.2) is 0 Å². The summed E-state index contributed by atoms with van der Waals surface area (Å²) >= 11 is 0. The van der Waals surface area contributed by atoms with Gasteiger partial charge in [0, 0.05) is 16.2 Å². The zero-order valence-corrected chi connectivity index (χ0v) is 35.3. The molecule has 1 atom stereocenters. The van der Waals surface area contributed by atoms with Crippen LogP contribution in [0.25, 0.3) is 71.6 Å². The molecular formula is C57H52. The van der Waals surface area contributed by atoms with Gasteiger partial charge in [0.25, 0.3) is 0 Å². The van der Waals surface area contributed by atoms with Gasteiger partial charge in [-0.3, -0.25) is 0 Å². The van der Waals surface area contributed by atoms with Crippen LogP contribution in [0.5, 0.6) is 0 Å². The standard InChI is InChI=1S/C57H52/c1-31-15-17-35(21-33(31)3)36-19-20-37-24-43-44-27-51-45(28-50(44)55(5,6)49(43)25-39(37)23-36)46-29-53-47(30-52(46)56(51,7)8)48-26-42(38-18-16-32(2)34(4)22-38)40-13-11-12-14-41(40)54(48)57(53,9)10/h11-20,22-30,33H,21H2,1-10H3. The Balaban J connectivity index is 1.06. The Labute approximate surface area is 339 Å². The van der Waals surface area contributed by atoms with Crippen molar-refractivity contribution in [1.29, 1.82) is 0 Å². The Morgan fingerprint density at radius 1 is 0.439 bits per heavy atom. The van der Waals surface area contributed by atoms with Gasteiger partial charge in [-0.1, -0.05) is 121 Å². The van der Waals surface area contributed by atoms with Crippen LogP contribution >= 0.6 is 0 Å². The third-order valence-corrected chi connectivity index (χ3v) is 15.2. The van der Waals surface area contributed by atoms with Crippen LogP contribution in [0.4, 0.5) is 0 Å². The molecule has 0 fully saturated rings. The Morgan fingerprint density at radius 3 is 1.63 bits per heavy atom. The van der Waals surface area contributed by atoms with E-state index in [1.807, 2.05) is 0 Å². The molecule has 7 aromatic carbocycles. The summed E-state index contributed by atoms with van der Waals surface area (Å²) in [5.41, 5.74) is 26.3. The molecular weight excluding hydrogens is 685 g/mol. The first kappa shape index (κ1) is 34.8. The molecule has 11 rings (SSSR count). The molecule has 57 heavy (non-hydrogen) atoms. The molecule has 4 aliphatic rings. The summed E-state index contributed by atoms with van der Waals surface area (Å²) in [6.07, 6.45) is 5.76. The third kappa shape index (κ3) is 4.62. The van der Waals surface area contributed by atoms with E-state index in [2.05, 4.69) is 185 Å². The molecule has 0 saturated heterocycles. The van der Waals surface area contributed by atoms with Crippen LogP contribution in [0, 0.1) is 19.8 Å². The Kier molecular flexibility index (Phi) is 6.92. The van der Waals surface area contributed by atoms with Crippen molar-refractivity contribution in [1.82, 2.24) is 0 Å². The fourth-order valence-electron chi connectivity index (χ4n) is 11.4. The molecule has 0 nitrogen and oxygen atoms in total. The normalized spacial score (nSPS) is 18.7. The highest BCUT2D eigenvalue weighted by atomic mass is 14.5. The van der Waals surface area contributed by atoms with Crippen molar-refractivity contribution >= 4 is 27.1 Å². The van der Waals surface area contributed by atoms with Crippen molar-refractivity contribution in [3.63, 3.8) is 0 Å². The number of aryl methyl sites for hydroxylation is 2. The van der Waals surface area contributed by atoms with Crippen LogP contribution in [0.3, 0.4) is 0 Å². The first-order valence-electron chi connectivity index (χ1n) is 21.1. The molecule has 0 radical (unpaired) electrons. The fraction of sp³-hybridized carbons (Fsp3) is 0.263. The molecule has 7 aromatic rings. The van der Waals surface area contributed by atoms with E-state index in [9.17, 15) is 0 Å². The van der Waals surface area contributed by atoms with E-state index in [0.29, 0.717) is 5.92 Å². The number of hydrogen-bond acceptors (Lipinski definition) is 0. The van der Waals surface area contributed by atoms with Crippen LogP contribution < -0.4 is 0 Å². The number of benzene rings is 7. The van der Waals surface area contributed by atoms with Gasteiger partial charge in [-0.2, -0.15) is 0 Å². The van der Waals surface area contributed by atoms with Crippen molar-refractivity contribution in [3.8, 4) is 44.5 Å². The molecule has 280 valence electrons. The van der Waals surface area contributed by atoms with Crippen molar-refractivity contribution in [3.05, 3.63) is 171 Å². The molecule has 0 aliphatic heterocycles. The van der Waals surface area contributed by atoms with Gasteiger partial charge in [0.1, 0.15) is 0 Å². The highest BCUT2D eigenvalue weighted by Crippen LogP contribution is 2.60. The summed E-state index contributed by atoms with van der Waals surface area (Å²) in [5, 5.41) is 5.38. The lowest BCUT2D eigenvalue weighted by atomic mass is 9.78. The quantitative estimate of drug-likeness (QED) is 0.166. The summed E-state index contributed by atoms with van der Waals surface area (Å²) in [5.74, 6) is 0.592. The highest BCUT2D eigenvalue weighted by molar-refractivity contribution is 6.07. The highest BCUT2D eigenvalue weighted by Gasteiger charge is 2.45. The summed E-state index contributed by atoms with van der Waals surface area (Å²) in [7, 11) is 0. The molecule has 1 unspecified atom stereocenters. The van der Waals surface area contributed by atoms with Crippen molar-refractivity contribution in [2.75, 3.05) is 0 Å². The second-order valence-electron chi connectivity index (χ2n) is 19.6. The second kappa shape index (κ2) is 11.3. The van der Waals surface area contributed by atoms with Gasteiger partial charge in [-0.05, 0) is 203 Å². The fourth-order valence-corrected chi connectivity index (χ4v) is 11.4. The average molecular weight is 737 g/mol. The van der Waals surface area contributed by atoms with Crippen LogP contribution in [-0.4, -0.2) is 0 Å². The molecule has 0 heteroatoms. The summed E-state index contributed by atoms with van der Waals surface area (Å²) in [4.78, 5) is 0. The van der Waals surface area contributed by atoms with E-state index in [1.54, 1.807) is 0 Å². The Bertz CT molecular complexity index is 3040. The van der Waals surface area contributed by atoms with Crippen LogP contribution in [-0.2, 0) is 16.2 Å². The molecule has 0 amide bonds. The SMILES string of the molecule is CC1=CC=C(c2ccc3cc4c(cc3c2)C(C)(C)c2cc3c(cc2-4)C(C)(C)c2cc4c(cc2-3)C(C)(C)c2c-4cc(-c3ccc(C)c(C)c3)c3ccccc23)CC1C. The zero-order chi connectivity index (χ0) is 39.5. The van der Waals surface area contributed by atoms with E-state index in [4.69, 9.17) is 0 Å². The molecule has 0 spiro atoms. The third-order valence-electron chi connectivity index (χ3n) is 15.2. The van der Waals surface area contributed by atoms with Gasteiger partial charge in [-0.15, -0.1) is 0 Å². The van der Waals surface area contributed by atoms with Gasteiger partial charge in [0.15, 0.2) is 0 Å². The lowest BCUT2D eigenvalue weighted by Gasteiger charge is -2.25. The van der Waals surface area contributed by atoms with Crippen LogP contribution in [0.2, 0.25) is 0 Å². The Hall–Kier alpha value is -5.46. The minimum atomic E-state index is -0.139. The average Bonchev–Trinajstić information content (AvgIpc) is 3.65. The molecule has 0 N–H and O–H groups in total. The van der Waals surface area contributed by atoms with E-state index < -0.39 is 0 Å². The summed E-state index contributed by atoms with van der Waals surface area (Å²) in [6.45, 7) is 23.8. The van der Waals surface area contributed by atoms with E-state index in [-0.39, 0.29) is 16.2 Å². The largest absolute Gasteiger partial charge is 0.0702 e. The van der Waals surface area contributed by atoms with Crippen molar-refractivity contribution < 1.29 is 0 Å². The molecule has 0 heterocycles. The van der Waals surface area contributed by atoms with Crippen LogP contribution in [0.15, 0.2) is 121 Å². The number of fused-ring (bicyclic) bond motifs is 12. The monoisotopic (exact) mass is 736 g/mol. The van der Waals surface area contributed by atoms with Gasteiger partial charge in [0.05, 0.1) is 0 Å². The summed E-state index contributed by atoms with van der Waals surface area (Å²) < 4.78 is 0. The lowest BCUT2D eigenvalue weighted by Crippen LogP contribution is -2.17. The Morgan fingerprint density at radius 2 is 1.00 bits per heavy atom. The molecule has 0 saturated carbocycles. The lowest BCUT2D eigenvalue weighted by molar-refractivity contribution is 0.650. The topological polar surface area (TPSA) is 0 Å². The maximum absolute atomic E-state index is 2.59.